The van der Waals surface area contributed by atoms with Crippen molar-refractivity contribution >= 4 is 5.82 Å². The van der Waals surface area contributed by atoms with Crippen LogP contribution in [0.25, 0.3) is 0 Å². The largest absolute Gasteiger partial charge is 0.356 e. The summed E-state index contributed by atoms with van der Waals surface area (Å²) >= 11 is 0. The minimum Gasteiger partial charge on any atom is -0.356 e. The topological polar surface area (TPSA) is 19.4 Å². The van der Waals surface area contributed by atoms with Crippen molar-refractivity contribution in [2.75, 3.05) is 31.1 Å². The summed E-state index contributed by atoms with van der Waals surface area (Å²) in [5.41, 5.74) is 1.47. The molecule has 2 fully saturated rings. The molecule has 0 spiro atoms. The van der Waals surface area contributed by atoms with Crippen molar-refractivity contribution in [3.05, 3.63) is 23.9 Å². The number of pyridine rings is 1. The van der Waals surface area contributed by atoms with E-state index in [-0.39, 0.29) is 0 Å². The quantitative estimate of drug-likeness (QED) is 0.828. The molecule has 122 valence electrons. The molecule has 3 rings (SSSR count). The highest BCUT2D eigenvalue weighted by Gasteiger charge is 2.29. The summed E-state index contributed by atoms with van der Waals surface area (Å²) in [5, 5.41) is 0. The first-order chi connectivity index (χ1) is 10.8. The van der Waals surface area contributed by atoms with Crippen molar-refractivity contribution < 1.29 is 0 Å². The van der Waals surface area contributed by atoms with Gasteiger partial charge in [-0.2, -0.15) is 0 Å². The van der Waals surface area contributed by atoms with Gasteiger partial charge in [0.15, 0.2) is 0 Å². The summed E-state index contributed by atoms with van der Waals surface area (Å²) < 4.78 is 0. The third-order valence-corrected chi connectivity index (χ3v) is 5.04. The molecule has 0 radical (unpaired) electrons. The van der Waals surface area contributed by atoms with Crippen LogP contribution >= 0.6 is 0 Å². The Morgan fingerprint density at radius 2 is 1.86 bits per heavy atom. The molecular weight excluding hydrogens is 270 g/mol. The van der Waals surface area contributed by atoms with Gasteiger partial charge in [-0.25, -0.2) is 4.98 Å². The molecule has 3 nitrogen and oxygen atoms in total. The lowest BCUT2D eigenvalue weighted by Crippen LogP contribution is -2.31. The number of hydrogen-bond acceptors (Lipinski definition) is 3. The SMILES string of the molecule is CC(C)CN1CCC[C@H]1c1cccnc1N1CCCCCC1. The summed E-state index contributed by atoms with van der Waals surface area (Å²) in [6.45, 7) is 9.47. The molecule has 0 bridgehead atoms. The third-order valence-electron chi connectivity index (χ3n) is 5.04. The molecule has 1 atom stereocenters. The molecule has 2 saturated heterocycles. The van der Waals surface area contributed by atoms with Crippen LogP contribution in [-0.2, 0) is 0 Å². The highest BCUT2D eigenvalue weighted by Crippen LogP contribution is 2.37. The van der Waals surface area contributed by atoms with E-state index in [1.807, 2.05) is 6.20 Å². The predicted octanol–water partition coefficient (Wildman–Crippen LogP) is 4.25. The second kappa shape index (κ2) is 7.45. The van der Waals surface area contributed by atoms with Crippen LogP contribution in [0.15, 0.2) is 18.3 Å². The Labute approximate surface area is 135 Å². The zero-order chi connectivity index (χ0) is 15.4. The van der Waals surface area contributed by atoms with Gasteiger partial charge in [0.1, 0.15) is 5.82 Å². The Kier molecular flexibility index (Phi) is 5.35. The van der Waals surface area contributed by atoms with E-state index >= 15 is 0 Å². The molecule has 1 aromatic rings. The average molecular weight is 301 g/mol. The van der Waals surface area contributed by atoms with Crippen molar-refractivity contribution in [2.24, 2.45) is 5.92 Å². The van der Waals surface area contributed by atoms with E-state index in [0.29, 0.717) is 6.04 Å². The molecule has 1 aromatic heterocycles. The van der Waals surface area contributed by atoms with Crippen molar-refractivity contribution in [3.63, 3.8) is 0 Å². The van der Waals surface area contributed by atoms with E-state index in [9.17, 15) is 0 Å². The summed E-state index contributed by atoms with van der Waals surface area (Å²) in [4.78, 5) is 10.0. The Balaban J connectivity index is 1.83. The second-order valence-corrected chi connectivity index (χ2v) is 7.36. The highest BCUT2D eigenvalue weighted by molar-refractivity contribution is 5.49. The molecule has 3 heterocycles. The Bertz CT molecular complexity index is 464. The Hall–Kier alpha value is -1.09. The fourth-order valence-corrected chi connectivity index (χ4v) is 4.08. The zero-order valence-corrected chi connectivity index (χ0v) is 14.3. The smallest absolute Gasteiger partial charge is 0.133 e. The minimum atomic E-state index is 0.578. The van der Waals surface area contributed by atoms with Crippen molar-refractivity contribution in [1.82, 2.24) is 9.88 Å². The molecule has 22 heavy (non-hydrogen) atoms. The van der Waals surface area contributed by atoms with Gasteiger partial charge in [-0.15, -0.1) is 0 Å². The number of hydrogen-bond donors (Lipinski definition) is 0. The van der Waals surface area contributed by atoms with E-state index in [0.717, 1.165) is 5.92 Å². The number of nitrogens with zero attached hydrogens (tertiary/aromatic N) is 3. The molecule has 0 aliphatic carbocycles. The first-order valence-electron chi connectivity index (χ1n) is 9.19. The van der Waals surface area contributed by atoms with E-state index in [1.165, 1.54) is 76.1 Å². The van der Waals surface area contributed by atoms with Gasteiger partial charge in [0.25, 0.3) is 0 Å². The van der Waals surface area contributed by atoms with Gasteiger partial charge < -0.3 is 4.90 Å². The molecule has 0 saturated carbocycles. The van der Waals surface area contributed by atoms with Crippen LogP contribution in [0.5, 0.6) is 0 Å². The van der Waals surface area contributed by atoms with Crippen LogP contribution < -0.4 is 4.90 Å². The van der Waals surface area contributed by atoms with Gasteiger partial charge in [0.2, 0.25) is 0 Å². The molecule has 0 N–H and O–H groups in total. The number of anilines is 1. The van der Waals surface area contributed by atoms with E-state index in [1.54, 1.807) is 0 Å². The molecular formula is C19H31N3. The lowest BCUT2D eigenvalue weighted by atomic mass is 10.0. The summed E-state index contributed by atoms with van der Waals surface area (Å²) in [6.07, 6.45) is 9.98. The number of aromatic nitrogens is 1. The molecule has 2 aliphatic rings. The van der Waals surface area contributed by atoms with Crippen LogP contribution in [0.3, 0.4) is 0 Å². The van der Waals surface area contributed by atoms with Crippen LogP contribution in [0, 0.1) is 5.92 Å². The maximum absolute atomic E-state index is 4.80. The molecule has 3 heteroatoms. The maximum Gasteiger partial charge on any atom is 0.133 e. The van der Waals surface area contributed by atoms with Gasteiger partial charge >= 0.3 is 0 Å². The molecule has 2 aliphatic heterocycles. The van der Waals surface area contributed by atoms with Gasteiger partial charge in [0.05, 0.1) is 0 Å². The molecule has 0 aromatic carbocycles. The van der Waals surface area contributed by atoms with Crippen LogP contribution in [0.4, 0.5) is 5.82 Å². The third kappa shape index (κ3) is 3.62. The van der Waals surface area contributed by atoms with Crippen molar-refractivity contribution in [1.29, 1.82) is 0 Å². The van der Waals surface area contributed by atoms with Crippen LogP contribution in [0.1, 0.15) is 64.0 Å². The highest BCUT2D eigenvalue weighted by atomic mass is 15.2. The maximum atomic E-state index is 4.80. The fraction of sp³-hybridized carbons (Fsp3) is 0.737. The van der Waals surface area contributed by atoms with Gasteiger partial charge in [-0.1, -0.05) is 32.8 Å². The van der Waals surface area contributed by atoms with E-state index in [2.05, 4.69) is 35.8 Å². The zero-order valence-electron chi connectivity index (χ0n) is 14.3. The Morgan fingerprint density at radius 1 is 1.09 bits per heavy atom. The normalized spacial score (nSPS) is 24.0. The van der Waals surface area contributed by atoms with Crippen LogP contribution in [-0.4, -0.2) is 36.1 Å². The first-order valence-corrected chi connectivity index (χ1v) is 9.19. The average Bonchev–Trinajstić information content (AvgIpc) is 2.80. The van der Waals surface area contributed by atoms with E-state index in [4.69, 9.17) is 4.98 Å². The first kappa shape index (κ1) is 15.8. The minimum absolute atomic E-state index is 0.578. The van der Waals surface area contributed by atoms with Crippen molar-refractivity contribution in [2.45, 2.75) is 58.4 Å². The van der Waals surface area contributed by atoms with Crippen LogP contribution in [0.2, 0.25) is 0 Å². The second-order valence-electron chi connectivity index (χ2n) is 7.36. The van der Waals surface area contributed by atoms with Gasteiger partial charge in [-0.05, 0) is 44.2 Å². The molecule has 0 unspecified atom stereocenters. The summed E-state index contributed by atoms with van der Waals surface area (Å²) in [6, 6.07) is 5.04. The monoisotopic (exact) mass is 301 g/mol. The van der Waals surface area contributed by atoms with Gasteiger partial charge in [0, 0.05) is 37.4 Å². The summed E-state index contributed by atoms with van der Waals surface area (Å²) in [7, 11) is 0. The van der Waals surface area contributed by atoms with Gasteiger partial charge in [-0.3, -0.25) is 4.90 Å². The lowest BCUT2D eigenvalue weighted by Gasteiger charge is -2.31. The standard InChI is InChI=1S/C19H31N3/c1-16(2)15-22-14-8-10-18(22)17-9-7-11-20-19(17)21-12-5-3-4-6-13-21/h7,9,11,16,18H,3-6,8,10,12-15H2,1-2H3/t18-/m0/s1. The number of rotatable bonds is 4. The lowest BCUT2D eigenvalue weighted by molar-refractivity contribution is 0.229. The predicted molar refractivity (Wildman–Crippen MR) is 93.3 cm³/mol. The number of likely N-dealkylation sites (tertiary alicyclic amines) is 1. The summed E-state index contributed by atoms with van der Waals surface area (Å²) in [5.74, 6) is 2.00. The van der Waals surface area contributed by atoms with E-state index < -0.39 is 0 Å². The molecule has 0 amide bonds. The fourth-order valence-electron chi connectivity index (χ4n) is 4.08. The Morgan fingerprint density at radius 3 is 2.59 bits per heavy atom. The van der Waals surface area contributed by atoms with Crippen molar-refractivity contribution in [3.8, 4) is 0 Å².